The molecule has 0 atom stereocenters. The number of carbonyl (C=O) groups is 1. The minimum Gasteiger partial charge on any atom is -0.348 e. The molecule has 1 aromatic rings. The molecular formula is C15H24N4O. The second-order valence-electron chi connectivity index (χ2n) is 6.22. The first kappa shape index (κ1) is 13.6. The summed E-state index contributed by atoms with van der Waals surface area (Å²) in [4.78, 5) is 14.6. The molecule has 3 rings (SSSR count). The summed E-state index contributed by atoms with van der Waals surface area (Å²) in [5, 5.41) is 7.25. The third-order valence-electron chi connectivity index (χ3n) is 4.61. The molecule has 0 spiro atoms. The van der Waals surface area contributed by atoms with Crippen molar-refractivity contribution in [3.63, 3.8) is 0 Å². The van der Waals surface area contributed by atoms with E-state index in [1.54, 1.807) is 16.9 Å². The van der Waals surface area contributed by atoms with Crippen LogP contribution in [0.4, 0.5) is 0 Å². The van der Waals surface area contributed by atoms with E-state index in [4.69, 9.17) is 0 Å². The maximum Gasteiger partial charge on any atom is 0.271 e. The molecule has 0 unspecified atom stereocenters. The van der Waals surface area contributed by atoms with Gasteiger partial charge in [-0.1, -0.05) is 6.42 Å². The van der Waals surface area contributed by atoms with E-state index in [0.29, 0.717) is 11.7 Å². The molecule has 2 aliphatic rings. The number of likely N-dealkylation sites (tertiary alicyclic amines) is 1. The molecule has 5 heteroatoms. The molecule has 1 N–H and O–H groups in total. The fourth-order valence-corrected chi connectivity index (χ4v) is 3.10. The molecule has 0 aromatic carbocycles. The van der Waals surface area contributed by atoms with Crippen LogP contribution in [0.2, 0.25) is 0 Å². The summed E-state index contributed by atoms with van der Waals surface area (Å²) in [6, 6.07) is 2.07. The van der Waals surface area contributed by atoms with Gasteiger partial charge in [0.1, 0.15) is 5.69 Å². The fourth-order valence-electron chi connectivity index (χ4n) is 3.10. The normalized spacial score (nSPS) is 21.6. The van der Waals surface area contributed by atoms with Crippen molar-refractivity contribution in [2.24, 2.45) is 13.0 Å². The van der Waals surface area contributed by atoms with E-state index >= 15 is 0 Å². The molecule has 5 nitrogen and oxygen atoms in total. The van der Waals surface area contributed by atoms with Gasteiger partial charge in [-0.05, 0) is 37.7 Å². The quantitative estimate of drug-likeness (QED) is 0.904. The Labute approximate surface area is 120 Å². The minimum atomic E-state index is -0.0388. The molecule has 110 valence electrons. The molecule has 2 fully saturated rings. The van der Waals surface area contributed by atoms with Crippen LogP contribution in [0.25, 0.3) is 0 Å². The first-order valence-corrected chi connectivity index (χ1v) is 7.73. The second kappa shape index (κ2) is 5.95. The number of carbonyl (C=O) groups excluding carboxylic acids is 1. The third-order valence-corrected chi connectivity index (χ3v) is 4.61. The molecule has 0 radical (unpaired) electrons. The number of aromatic nitrogens is 2. The third kappa shape index (κ3) is 3.20. The van der Waals surface area contributed by atoms with Gasteiger partial charge in [-0.3, -0.25) is 9.48 Å². The van der Waals surface area contributed by atoms with E-state index in [0.717, 1.165) is 31.8 Å². The van der Waals surface area contributed by atoms with Crippen molar-refractivity contribution < 1.29 is 4.79 Å². The lowest BCUT2D eigenvalue weighted by Crippen LogP contribution is -2.46. The Morgan fingerprint density at radius 2 is 2.10 bits per heavy atom. The Bertz CT molecular complexity index is 458. The van der Waals surface area contributed by atoms with Crippen LogP contribution in [-0.4, -0.2) is 46.3 Å². The van der Waals surface area contributed by atoms with E-state index in [1.165, 1.54) is 25.8 Å². The monoisotopic (exact) mass is 276 g/mol. The van der Waals surface area contributed by atoms with E-state index < -0.39 is 0 Å². The van der Waals surface area contributed by atoms with E-state index in [2.05, 4.69) is 15.3 Å². The zero-order valence-corrected chi connectivity index (χ0v) is 12.2. The number of amides is 1. The van der Waals surface area contributed by atoms with Crippen LogP contribution >= 0.6 is 0 Å². The lowest BCUT2D eigenvalue weighted by molar-refractivity contribution is 0.0889. The molecule has 2 heterocycles. The summed E-state index contributed by atoms with van der Waals surface area (Å²) >= 11 is 0. The Morgan fingerprint density at radius 3 is 2.65 bits per heavy atom. The van der Waals surface area contributed by atoms with Gasteiger partial charge in [0, 0.05) is 38.9 Å². The number of nitrogens with zero attached hydrogens (tertiary/aromatic N) is 3. The summed E-state index contributed by atoms with van der Waals surface area (Å²) in [7, 11) is 1.83. The summed E-state index contributed by atoms with van der Waals surface area (Å²) in [5.74, 6) is 0.901. The van der Waals surface area contributed by atoms with Gasteiger partial charge in [0.05, 0.1) is 0 Å². The predicted octanol–water partition coefficient (Wildman–Crippen LogP) is 1.41. The van der Waals surface area contributed by atoms with Gasteiger partial charge < -0.3 is 10.2 Å². The van der Waals surface area contributed by atoms with Gasteiger partial charge >= 0.3 is 0 Å². The van der Waals surface area contributed by atoms with Crippen molar-refractivity contribution in [3.8, 4) is 0 Å². The van der Waals surface area contributed by atoms with Gasteiger partial charge in [-0.2, -0.15) is 5.10 Å². The number of aryl methyl sites for hydroxylation is 1. The number of nitrogens with one attached hydrogen (secondary N) is 1. The minimum absolute atomic E-state index is 0.0388. The van der Waals surface area contributed by atoms with Crippen LogP contribution in [0.3, 0.4) is 0 Å². The van der Waals surface area contributed by atoms with Crippen LogP contribution in [0, 0.1) is 5.92 Å². The zero-order chi connectivity index (χ0) is 13.9. The molecular weight excluding hydrogens is 252 g/mol. The summed E-state index contributed by atoms with van der Waals surface area (Å²) < 4.78 is 1.66. The van der Waals surface area contributed by atoms with Crippen molar-refractivity contribution in [2.75, 3.05) is 19.6 Å². The van der Waals surface area contributed by atoms with Crippen molar-refractivity contribution in [3.05, 3.63) is 18.0 Å². The van der Waals surface area contributed by atoms with Crippen LogP contribution in [0.15, 0.2) is 12.3 Å². The molecule has 0 bridgehead atoms. The summed E-state index contributed by atoms with van der Waals surface area (Å²) in [6.45, 7) is 3.49. The van der Waals surface area contributed by atoms with E-state index in [-0.39, 0.29) is 5.91 Å². The van der Waals surface area contributed by atoms with Crippen LogP contribution in [0.5, 0.6) is 0 Å². The highest BCUT2D eigenvalue weighted by Gasteiger charge is 2.25. The number of hydrogen-bond donors (Lipinski definition) is 1. The Hall–Kier alpha value is -1.36. The van der Waals surface area contributed by atoms with E-state index in [1.807, 2.05) is 7.05 Å². The highest BCUT2D eigenvalue weighted by molar-refractivity contribution is 5.92. The molecule has 1 aromatic heterocycles. The first-order valence-electron chi connectivity index (χ1n) is 7.73. The lowest BCUT2D eigenvalue weighted by Gasteiger charge is -2.37. The summed E-state index contributed by atoms with van der Waals surface area (Å²) in [6.07, 6.45) is 8.17. The van der Waals surface area contributed by atoms with Gasteiger partial charge in [0.2, 0.25) is 0 Å². The van der Waals surface area contributed by atoms with Gasteiger partial charge in [-0.25, -0.2) is 0 Å². The number of piperidine rings is 1. The first-order chi connectivity index (χ1) is 9.70. The SMILES string of the molecule is Cn1ccc(C(=O)NC2CCN(CC3CCC3)CC2)n1. The average Bonchev–Trinajstić information content (AvgIpc) is 2.82. The van der Waals surface area contributed by atoms with Crippen molar-refractivity contribution in [1.29, 1.82) is 0 Å². The van der Waals surface area contributed by atoms with Gasteiger partial charge in [-0.15, -0.1) is 0 Å². The van der Waals surface area contributed by atoms with Crippen molar-refractivity contribution in [2.45, 2.75) is 38.1 Å². The Morgan fingerprint density at radius 1 is 1.35 bits per heavy atom. The fraction of sp³-hybridized carbons (Fsp3) is 0.733. The maximum atomic E-state index is 12.0. The molecule has 1 amide bonds. The Kier molecular flexibility index (Phi) is 4.05. The topological polar surface area (TPSA) is 50.2 Å². The van der Waals surface area contributed by atoms with Crippen LogP contribution in [0.1, 0.15) is 42.6 Å². The average molecular weight is 276 g/mol. The standard InChI is InChI=1S/C15H24N4O/c1-18-8-7-14(17-18)15(20)16-13-5-9-19(10-6-13)11-12-3-2-4-12/h7-8,12-13H,2-6,9-11H2,1H3,(H,16,20). The van der Waals surface area contributed by atoms with Crippen LogP contribution < -0.4 is 5.32 Å². The molecule has 1 aliphatic carbocycles. The van der Waals surface area contributed by atoms with Gasteiger partial charge in [0.25, 0.3) is 5.91 Å². The highest BCUT2D eigenvalue weighted by atomic mass is 16.2. The lowest BCUT2D eigenvalue weighted by atomic mass is 9.84. The molecule has 1 saturated heterocycles. The highest BCUT2D eigenvalue weighted by Crippen LogP contribution is 2.28. The van der Waals surface area contributed by atoms with E-state index in [9.17, 15) is 4.79 Å². The zero-order valence-electron chi connectivity index (χ0n) is 12.2. The van der Waals surface area contributed by atoms with Crippen molar-refractivity contribution in [1.82, 2.24) is 20.0 Å². The number of hydrogen-bond acceptors (Lipinski definition) is 3. The Balaban J connectivity index is 1.42. The molecule has 1 saturated carbocycles. The second-order valence-corrected chi connectivity index (χ2v) is 6.22. The largest absolute Gasteiger partial charge is 0.348 e. The number of rotatable bonds is 4. The maximum absolute atomic E-state index is 12.0. The smallest absolute Gasteiger partial charge is 0.271 e. The predicted molar refractivity (Wildman–Crippen MR) is 77.5 cm³/mol. The molecule has 20 heavy (non-hydrogen) atoms. The van der Waals surface area contributed by atoms with Crippen molar-refractivity contribution >= 4 is 5.91 Å². The van der Waals surface area contributed by atoms with Crippen LogP contribution in [-0.2, 0) is 7.05 Å². The molecule has 1 aliphatic heterocycles. The van der Waals surface area contributed by atoms with Gasteiger partial charge in [0.15, 0.2) is 0 Å². The summed E-state index contributed by atoms with van der Waals surface area (Å²) in [5.41, 5.74) is 0.518.